The first-order chi connectivity index (χ1) is 41.4. The van der Waals surface area contributed by atoms with Crippen LogP contribution < -0.4 is 5.32 Å². The summed E-state index contributed by atoms with van der Waals surface area (Å²) < 4.78 is 16.3. The largest absolute Gasteiger partial charge is 0.394 e. The van der Waals surface area contributed by atoms with Gasteiger partial charge in [-0.3, -0.25) is 14.4 Å². The number of ether oxygens (including phenoxy) is 3. The van der Waals surface area contributed by atoms with Gasteiger partial charge in [-0.25, -0.2) is 0 Å². The molecular weight excluding hydrogens is 1060 g/mol. The summed E-state index contributed by atoms with van der Waals surface area (Å²) in [5, 5.41) is 22.7. The van der Waals surface area contributed by atoms with E-state index in [4.69, 9.17) is 14.2 Å². The molecule has 10 nitrogen and oxygen atoms in total. The Morgan fingerprint density at radius 1 is 0.435 bits per heavy atom. The van der Waals surface area contributed by atoms with E-state index in [1.54, 1.807) is 14.2 Å². The van der Waals surface area contributed by atoms with E-state index in [0.717, 1.165) is 109 Å². The average molecular weight is 1210 g/mol. The normalized spacial score (nSPS) is 12.4. The summed E-state index contributed by atoms with van der Waals surface area (Å²) in [6, 6.07) is 0. The third-order valence-corrected chi connectivity index (χ3v) is 17.0. The Morgan fingerprint density at radius 3 is 1.27 bits per heavy atom. The Bertz CT molecular complexity index is 1300. The third-order valence-electron chi connectivity index (χ3n) is 17.0. The van der Waals surface area contributed by atoms with Crippen LogP contribution >= 0.6 is 0 Å². The molecule has 0 radical (unpaired) electrons. The predicted molar refractivity (Wildman–Crippen MR) is 368 cm³/mol. The van der Waals surface area contributed by atoms with Crippen LogP contribution in [0.25, 0.3) is 0 Å². The number of aliphatic hydroxyl groups is 2. The topological polar surface area (TPSA) is 135 Å². The number of Topliss-reactive ketones (excluding diaryl/α,β-unsaturated/α-hetero) is 1. The van der Waals surface area contributed by atoms with Crippen molar-refractivity contribution in [3.05, 3.63) is 0 Å². The van der Waals surface area contributed by atoms with Crippen LogP contribution in [-0.2, 0) is 28.6 Å². The number of rotatable bonds is 66. The summed E-state index contributed by atoms with van der Waals surface area (Å²) in [5.74, 6) is 2.62. The van der Waals surface area contributed by atoms with Crippen molar-refractivity contribution >= 4 is 17.6 Å². The average Bonchev–Trinajstić information content (AvgIpc) is 3.55. The molecule has 0 bridgehead atoms. The van der Waals surface area contributed by atoms with Gasteiger partial charge in [-0.1, -0.05) is 292 Å². The monoisotopic (exact) mass is 1210 g/mol. The molecule has 3 unspecified atom stereocenters. The van der Waals surface area contributed by atoms with Crippen molar-refractivity contribution in [2.24, 2.45) is 17.8 Å². The second kappa shape index (κ2) is 74.9. The molecule has 0 saturated heterocycles. The fourth-order valence-corrected chi connectivity index (χ4v) is 11.2. The number of nitrogens with zero attached hydrogens (tertiary/aromatic N) is 1. The molecule has 510 valence electrons. The minimum Gasteiger partial charge on any atom is -0.394 e. The number of ketones is 1. The van der Waals surface area contributed by atoms with E-state index < -0.39 is 6.10 Å². The zero-order valence-electron chi connectivity index (χ0n) is 58.8. The number of carbonyl (C=O) groups excluding carboxylic acids is 3. The fraction of sp³-hybridized carbons (Fsp3) is 0.960. The van der Waals surface area contributed by atoms with E-state index in [1.165, 1.54) is 231 Å². The standard InChI is InChI=1S/C42H85NO5.C20H41NO.C13H26O2/c1-4-6-8-10-12-14-16-18-20-22-24-26-28-30-35-48-39-40(36-41(45)38-44)37-43(33-31-34-47-3)42(46)32-29-27-25-23-21-19-17-15-13-11-9-7-5-2;1-5-6-17-21-20(22)16-10-8-7-9-14-19(4)15-12-11-13-18(2)3;1-3-4-5-6-7-10-13(14)11-8-9-12-15-2/h40-41,44-45H,4-39H2,1-3H3;18-19H,5-17H2,1-4H3,(H,21,22);3-12H2,1-2H3. The van der Waals surface area contributed by atoms with Crippen molar-refractivity contribution in [3.8, 4) is 0 Å². The van der Waals surface area contributed by atoms with Crippen molar-refractivity contribution in [3.63, 3.8) is 0 Å². The molecule has 0 heterocycles. The molecular formula is C75H152N2O8. The second-order valence-corrected chi connectivity index (χ2v) is 26.4. The predicted octanol–water partition coefficient (Wildman–Crippen LogP) is 21.0. The van der Waals surface area contributed by atoms with Gasteiger partial charge in [0.25, 0.3) is 0 Å². The minimum atomic E-state index is -0.781. The zero-order chi connectivity index (χ0) is 63.2. The molecule has 0 spiro atoms. The molecule has 0 fully saturated rings. The van der Waals surface area contributed by atoms with Crippen LogP contribution in [0, 0.1) is 17.8 Å². The molecule has 10 heteroatoms. The van der Waals surface area contributed by atoms with Crippen molar-refractivity contribution in [1.82, 2.24) is 10.2 Å². The molecule has 0 saturated carbocycles. The molecule has 3 N–H and O–H groups in total. The van der Waals surface area contributed by atoms with Crippen molar-refractivity contribution < 1.29 is 38.8 Å². The van der Waals surface area contributed by atoms with Gasteiger partial charge in [-0.2, -0.15) is 0 Å². The number of methoxy groups -OCH3 is 2. The van der Waals surface area contributed by atoms with Crippen LogP contribution in [0.5, 0.6) is 0 Å². The number of hydrogen-bond acceptors (Lipinski definition) is 8. The lowest BCUT2D eigenvalue weighted by Crippen LogP contribution is -2.39. The van der Waals surface area contributed by atoms with E-state index in [2.05, 4.69) is 53.8 Å². The zero-order valence-corrected chi connectivity index (χ0v) is 58.8. The van der Waals surface area contributed by atoms with Crippen LogP contribution in [0.2, 0.25) is 0 Å². The van der Waals surface area contributed by atoms with E-state index in [-0.39, 0.29) is 24.3 Å². The maximum Gasteiger partial charge on any atom is 0.222 e. The number of aliphatic hydroxyl groups excluding tert-OH is 2. The molecule has 0 aromatic rings. The van der Waals surface area contributed by atoms with Crippen molar-refractivity contribution in [2.45, 2.75) is 382 Å². The lowest BCUT2D eigenvalue weighted by Gasteiger charge is -2.29. The van der Waals surface area contributed by atoms with Gasteiger partial charge in [0.15, 0.2) is 0 Å². The molecule has 85 heavy (non-hydrogen) atoms. The first-order valence-corrected chi connectivity index (χ1v) is 37.4. The smallest absolute Gasteiger partial charge is 0.222 e. The van der Waals surface area contributed by atoms with Gasteiger partial charge in [-0.05, 0) is 69.6 Å². The summed E-state index contributed by atoms with van der Waals surface area (Å²) in [6.07, 6.45) is 61.2. The highest BCUT2D eigenvalue weighted by molar-refractivity contribution is 5.78. The van der Waals surface area contributed by atoms with Gasteiger partial charge in [0.1, 0.15) is 5.78 Å². The first kappa shape index (κ1) is 87.6. The lowest BCUT2D eigenvalue weighted by molar-refractivity contribution is -0.132. The highest BCUT2D eigenvalue weighted by Gasteiger charge is 2.22. The van der Waals surface area contributed by atoms with Crippen molar-refractivity contribution in [1.29, 1.82) is 0 Å². The Labute approximate surface area is 530 Å². The Morgan fingerprint density at radius 2 is 0.812 bits per heavy atom. The Hall–Kier alpha value is -1.59. The Balaban J connectivity index is -0.00000148. The fourth-order valence-electron chi connectivity index (χ4n) is 11.2. The number of unbranched alkanes of at least 4 members (excludes halogenated alkanes) is 35. The van der Waals surface area contributed by atoms with Gasteiger partial charge >= 0.3 is 0 Å². The molecule has 0 aromatic heterocycles. The first-order valence-electron chi connectivity index (χ1n) is 37.4. The van der Waals surface area contributed by atoms with Crippen LogP contribution in [0.15, 0.2) is 0 Å². The van der Waals surface area contributed by atoms with E-state index >= 15 is 0 Å². The SMILES string of the molecule is CCCCCCCC(=O)CCCCOC.CCCCCCCCCCCCCCCCOCC(CC(O)CO)CN(CCCOC)C(=O)CCCCCCCCCCCCCCC.CCCCNC(=O)CCCCCCC(C)CCCCC(C)C. The second-order valence-electron chi connectivity index (χ2n) is 26.4. The minimum absolute atomic E-state index is 0.0111. The number of nitrogens with one attached hydrogen (secondary N) is 1. The summed E-state index contributed by atoms with van der Waals surface area (Å²) in [6.45, 7) is 20.4. The molecule has 0 aromatic carbocycles. The summed E-state index contributed by atoms with van der Waals surface area (Å²) in [7, 11) is 3.40. The quantitative estimate of drug-likeness (QED) is 0.0513. The van der Waals surface area contributed by atoms with Gasteiger partial charge in [-0.15, -0.1) is 0 Å². The van der Waals surface area contributed by atoms with Gasteiger partial charge in [0.2, 0.25) is 11.8 Å². The van der Waals surface area contributed by atoms with Crippen LogP contribution in [0.3, 0.4) is 0 Å². The summed E-state index contributed by atoms with van der Waals surface area (Å²) in [4.78, 5) is 38.2. The molecule has 0 aliphatic rings. The van der Waals surface area contributed by atoms with Gasteiger partial charge < -0.3 is 34.6 Å². The van der Waals surface area contributed by atoms with Gasteiger partial charge in [0.05, 0.1) is 19.3 Å². The molecule has 0 rings (SSSR count). The van der Waals surface area contributed by atoms with Crippen molar-refractivity contribution in [2.75, 3.05) is 66.9 Å². The van der Waals surface area contributed by atoms with Crippen LogP contribution in [-0.4, -0.2) is 106 Å². The summed E-state index contributed by atoms with van der Waals surface area (Å²) in [5.41, 5.74) is 0. The maximum atomic E-state index is 13.3. The molecule has 3 atom stereocenters. The highest BCUT2D eigenvalue weighted by atomic mass is 16.5. The van der Waals surface area contributed by atoms with Crippen LogP contribution in [0.4, 0.5) is 0 Å². The maximum absolute atomic E-state index is 13.3. The highest BCUT2D eigenvalue weighted by Crippen LogP contribution is 2.20. The van der Waals surface area contributed by atoms with E-state index in [0.29, 0.717) is 51.3 Å². The van der Waals surface area contributed by atoms with E-state index in [1.807, 2.05) is 4.90 Å². The number of amides is 2. The Kier molecular flexibility index (Phi) is 77.2. The number of hydrogen-bond donors (Lipinski definition) is 3. The molecule has 2 amide bonds. The van der Waals surface area contributed by atoms with E-state index in [9.17, 15) is 24.6 Å². The number of carbonyl (C=O) groups is 3. The van der Waals surface area contributed by atoms with Gasteiger partial charge in [0, 0.05) is 85.3 Å². The summed E-state index contributed by atoms with van der Waals surface area (Å²) >= 11 is 0. The third kappa shape index (κ3) is 74.8. The van der Waals surface area contributed by atoms with Crippen LogP contribution in [0.1, 0.15) is 376 Å². The molecule has 0 aliphatic carbocycles. The lowest BCUT2D eigenvalue weighted by atomic mass is 9.95. The molecule has 0 aliphatic heterocycles.